The Kier molecular flexibility index (Phi) is 3.86. The van der Waals surface area contributed by atoms with Gasteiger partial charge in [-0.1, -0.05) is 0 Å². The second-order valence-electron chi connectivity index (χ2n) is 3.52. The lowest BCUT2D eigenvalue weighted by Crippen LogP contribution is -2.19. The molecule has 1 aromatic heterocycles. The number of Topliss-reactive ketones (excluding diaryl/α,β-unsaturated/α-hetero) is 1. The maximum absolute atomic E-state index is 11.6. The third-order valence-electron chi connectivity index (χ3n) is 2.41. The maximum atomic E-state index is 11.6. The highest BCUT2D eigenvalue weighted by atomic mass is 32.2. The number of carbonyl (C=O) groups is 1. The molecule has 0 aromatic carbocycles. The molecule has 3 nitrogen and oxygen atoms in total. The van der Waals surface area contributed by atoms with E-state index in [1.807, 2.05) is 0 Å². The Labute approximate surface area is 93.2 Å². The van der Waals surface area contributed by atoms with Gasteiger partial charge in [0.25, 0.3) is 0 Å². The van der Waals surface area contributed by atoms with Crippen LogP contribution < -0.4 is 0 Å². The molecule has 0 unspecified atom stereocenters. The van der Waals surface area contributed by atoms with Gasteiger partial charge in [0.15, 0.2) is 5.76 Å². The molecule has 0 N–H and O–H groups in total. The van der Waals surface area contributed by atoms with Crippen molar-refractivity contribution < 1.29 is 13.9 Å². The van der Waals surface area contributed by atoms with Crippen LogP contribution in [0.3, 0.4) is 0 Å². The zero-order chi connectivity index (χ0) is 10.5. The Morgan fingerprint density at radius 1 is 1.47 bits per heavy atom. The molecule has 0 amide bonds. The fourth-order valence-corrected chi connectivity index (χ4v) is 2.60. The van der Waals surface area contributed by atoms with E-state index in [1.54, 1.807) is 23.9 Å². The molecule has 1 aliphatic rings. The van der Waals surface area contributed by atoms with Gasteiger partial charge in [-0.2, -0.15) is 0 Å². The van der Waals surface area contributed by atoms with Gasteiger partial charge in [-0.15, -0.1) is 11.8 Å². The first-order valence-electron chi connectivity index (χ1n) is 5.12. The molecule has 2 heterocycles. The van der Waals surface area contributed by atoms with Crippen molar-refractivity contribution >= 4 is 17.5 Å². The summed E-state index contributed by atoms with van der Waals surface area (Å²) >= 11 is 1.71. The maximum Gasteiger partial charge on any atom is 0.207 e. The lowest BCUT2D eigenvalue weighted by molar-refractivity contribution is 0.0976. The van der Waals surface area contributed by atoms with Gasteiger partial charge in [0, 0.05) is 18.5 Å². The number of ketones is 1. The SMILES string of the molecule is O=C(CSC1CCOCC1)c1ccco1. The summed E-state index contributed by atoms with van der Waals surface area (Å²) in [6, 6.07) is 3.46. The molecule has 82 valence electrons. The fourth-order valence-electron chi connectivity index (χ4n) is 1.54. The molecule has 1 aliphatic heterocycles. The molecule has 1 saturated heterocycles. The van der Waals surface area contributed by atoms with E-state index < -0.39 is 0 Å². The zero-order valence-electron chi connectivity index (χ0n) is 8.48. The van der Waals surface area contributed by atoms with Crippen molar-refractivity contribution in [1.29, 1.82) is 0 Å². The highest BCUT2D eigenvalue weighted by molar-refractivity contribution is 8.00. The van der Waals surface area contributed by atoms with Crippen molar-refractivity contribution in [2.24, 2.45) is 0 Å². The van der Waals surface area contributed by atoms with Gasteiger partial charge < -0.3 is 9.15 Å². The summed E-state index contributed by atoms with van der Waals surface area (Å²) < 4.78 is 10.3. The summed E-state index contributed by atoms with van der Waals surface area (Å²) in [6.45, 7) is 1.65. The van der Waals surface area contributed by atoms with Crippen molar-refractivity contribution in [2.45, 2.75) is 18.1 Å². The predicted octanol–water partition coefficient (Wildman–Crippen LogP) is 2.37. The van der Waals surface area contributed by atoms with Gasteiger partial charge >= 0.3 is 0 Å². The first-order chi connectivity index (χ1) is 7.36. The molecule has 0 radical (unpaired) electrons. The monoisotopic (exact) mass is 226 g/mol. The largest absolute Gasteiger partial charge is 0.461 e. The summed E-state index contributed by atoms with van der Waals surface area (Å²) in [6.07, 6.45) is 3.64. The minimum atomic E-state index is 0.0801. The highest BCUT2D eigenvalue weighted by Gasteiger charge is 2.17. The number of carbonyl (C=O) groups excluding carboxylic acids is 1. The van der Waals surface area contributed by atoms with Crippen molar-refractivity contribution in [2.75, 3.05) is 19.0 Å². The minimum absolute atomic E-state index is 0.0801. The van der Waals surface area contributed by atoms with Gasteiger partial charge in [-0.3, -0.25) is 4.79 Å². The molecule has 0 bridgehead atoms. The van der Waals surface area contributed by atoms with Gasteiger partial charge in [-0.05, 0) is 25.0 Å². The Hall–Kier alpha value is -0.740. The molecule has 2 rings (SSSR count). The Morgan fingerprint density at radius 3 is 2.93 bits per heavy atom. The molecular weight excluding hydrogens is 212 g/mol. The van der Waals surface area contributed by atoms with Gasteiger partial charge in [-0.25, -0.2) is 0 Å². The van der Waals surface area contributed by atoms with E-state index in [-0.39, 0.29) is 5.78 Å². The summed E-state index contributed by atoms with van der Waals surface area (Å²) in [5, 5.41) is 0.567. The topological polar surface area (TPSA) is 39.4 Å². The van der Waals surface area contributed by atoms with Crippen LogP contribution in [0.15, 0.2) is 22.8 Å². The Bertz CT molecular complexity index is 302. The van der Waals surface area contributed by atoms with E-state index in [0.29, 0.717) is 16.8 Å². The molecule has 1 aromatic rings. The first kappa shape index (κ1) is 10.8. The van der Waals surface area contributed by atoms with Crippen LogP contribution in [0.5, 0.6) is 0 Å². The summed E-state index contributed by atoms with van der Waals surface area (Å²) in [4.78, 5) is 11.6. The van der Waals surface area contributed by atoms with Crippen molar-refractivity contribution in [3.8, 4) is 0 Å². The highest BCUT2D eigenvalue weighted by Crippen LogP contribution is 2.22. The van der Waals surface area contributed by atoms with Gasteiger partial charge in [0.05, 0.1) is 12.0 Å². The lowest BCUT2D eigenvalue weighted by Gasteiger charge is -2.20. The number of ether oxygens (including phenoxy) is 1. The third kappa shape index (κ3) is 3.11. The quantitative estimate of drug-likeness (QED) is 0.739. The number of furan rings is 1. The van der Waals surface area contributed by atoms with E-state index >= 15 is 0 Å². The molecule has 0 spiro atoms. The molecule has 1 fully saturated rings. The third-order valence-corrected chi connectivity index (χ3v) is 3.79. The standard InChI is InChI=1S/C11H14O3S/c12-10(11-2-1-5-14-11)8-15-9-3-6-13-7-4-9/h1-2,5,9H,3-4,6-8H2. The molecular formula is C11H14O3S. The Morgan fingerprint density at radius 2 is 2.27 bits per heavy atom. The average Bonchev–Trinajstić information content (AvgIpc) is 2.81. The minimum Gasteiger partial charge on any atom is -0.461 e. The van der Waals surface area contributed by atoms with Crippen LogP contribution in [0.25, 0.3) is 0 Å². The van der Waals surface area contributed by atoms with E-state index in [9.17, 15) is 4.79 Å². The van der Waals surface area contributed by atoms with Crippen LogP contribution >= 0.6 is 11.8 Å². The van der Waals surface area contributed by atoms with Gasteiger partial charge in [0.2, 0.25) is 5.78 Å². The van der Waals surface area contributed by atoms with Crippen LogP contribution in [0.1, 0.15) is 23.4 Å². The van der Waals surface area contributed by atoms with E-state index in [1.165, 1.54) is 6.26 Å². The molecule has 0 aliphatic carbocycles. The Balaban J connectivity index is 1.75. The molecule has 0 saturated carbocycles. The smallest absolute Gasteiger partial charge is 0.207 e. The second kappa shape index (κ2) is 5.37. The zero-order valence-corrected chi connectivity index (χ0v) is 9.29. The molecule has 15 heavy (non-hydrogen) atoms. The average molecular weight is 226 g/mol. The van der Waals surface area contributed by atoms with Crippen LogP contribution in [0.2, 0.25) is 0 Å². The summed E-state index contributed by atoms with van der Waals surface area (Å²) in [5.41, 5.74) is 0. The van der Waals surface area contributed by atoms with Crippen molar-refractivity contribution in [1.82, 2.24) is 0 Å². The number of rotatable bonds is 4. The molecule has 4 heteroatoms. The van der Waals surface area contributed by atoms with Crippen LogP contribution in [-0.2, 0) is 4.74 Å². The van der Waals surface area contributed by atoms with Crippen LogP contribution in [-0.4, -0.2) is 30.0 Å². The summed E-state index contributed by atoms with van der Waals surface area (Å²) in [5.74, 6) is 1.06. The van der Waals surface area contributed by atoms with E-state index in [4.69, 9.17) is 9.15 Å². The van der Waals surface area contributed by atoms with Crippen LogP contribution in [0, 0.1) is 0 Å². The van der Waals surface area contributed by atoms with Crippen molar-refractivity contribution in [3.63, 3.8) is 0 Å². The number of hydrogen-bond acceptors (Lipinski definition) is 4. The first-order valence-corrected chi connectivity index (χ1v) is 6.17. The lowest BCUT2D eigenvalue weighted by atomic mass is 10.2. The normalized spacial score (nSPS) is 17.9. The number of hydrogen-bond donors (Lipinski definition) is 0. The molecule has 0 atom stereocenters. The van der Waals surface area contributed by atoms with E-state index in [0.717, 1.165) is 26.1 Å². The summed E-state index contributed by atoms with van der Waals surface area (Å²) in [7, 11) is 0. The van der Waals surface area contributed by atoms with Crippen LogP contribution in [0.4, 0.5) is 0 Å². The number of thioether (sulfide) groups is 1. The predicted molar refractivity (Wildman–Crippen MR) is 59.3 cm³/mol. The van der Waals surface area contributed by atoms with E-state index in [2.05, 4.69) is 0 Å². The van der Waals surface area contributed by atoms with Gasteiger partial charge in [0.1, 0.15) is 0 Å². The van der Waals surface area contributed by atoms with Crippen molar-refractivity contribution in [3.05, 3.63) is 24.2 Å². The second-order valence-corrected chi connectivity index (χ2v) is 4.81. The fraction of sp³-hybridized carbons (Fsp3) is 0.545.